The minimum absolute atomic E-state index is 0. The van der Waals surface area contributed by atoms with Gasteiger partial charge >= 0.3 is 0 Å². The first-order valence-electron chi connectivity index (χ1n) is 8.06. The highest BCUT2D eigenvalue weighted by Crippen LogP contribution is 2.12. The van der Waals surface area contributed by atoms with E-state index in [-0.39, 0.29) is 13.4 Å². The lowest BCUT2D eigenvalue weighted by molar-refractivity contribution is 0.0942. The number of piperazine rings is 1. The van der Waals surface area contributed by atoms with Crippen LogP contribution in [0.15, 0.2) is 12.4 Å². The molecular weight excluding hydrogens is 278 g/mol. The van der Waals surface area contributed by atoms with Crippen molar-refractivity contribution in [1.29, 1.82) is 0 Å². The van der Waals surface area contributed by atoms with Crippen LogP contribution < -0.4 is 10.2 Å². The number of carbonyl (C=O) groups is 1. The summed E-state index contributed by atoms with van der Waals surface area (Å²) >= 11 is 0. The molecule has 1 aromatic rings. The summed E-state index contributed by atoms with van der Waals surface area (Å²) in [5.41, 5.74) is 0.510. The number of amides is 1. The van der Waals surface area contributed by atoms with Crippen LogP contribution in [0.3, 0.4) is 0 Å². The Morgan fingerprint density at radius 3 is 2.27 bits per heavy atom. The molecule has 0 bridgehead atoms. The maximum atomic E-state index is 11.9. The normalized spacial score (nSPS) is 16.4. The highest BCUT2D eigenvalue weighted by Gasteiger charge is 2.19. The molecule has 1 saturated heterocycles. The van der Waals surface area contributed by atoms with E-state index >= 15 is 0 Å². The molecular formula is C16H29N5O. The second kappa shape index (κ2) is 7.54. The molecule has 0 saturated carbocycles. The zero-order valence-corrected chi connectivity index (χ0v) is 14.0. The van der Waals surface area contributed by atoms with E-state index in [0.29, 0.717) is 17.4 Å². The molecule has 0 radical (unpaired) electrons. The van der Waals surface area contributed by atoms with Crippen molar-refractivity contribution in [3.05, 3.63) is 18.0 Å². The van der Waals surface area contributed by atoms with Crippen LogP contribution in [0, 0.1) is 5.92 Å². The molecule has 6 heteroatoms. The van der Waals surface area contributed by atoms with Crippen molar-refractivity contribution >= 4 is 11.9 Å². The van der Waals surface area contributed by atoms with E-state index in [1.165, 1.54) is 0 Å². The maximum absolute atomic E-state index is 11.9. The Morgan fingerprint density at radius 2 is 1.77 bits per heavy atom. The van der Waals surface area contributed by atoms with E-state index in [1.54, 1.807) is 12.4 Å². The number of nitrogens with zero attached hydrogens (tertiary/aromatic N) is 4. The zero-order valence-electron chi connectivity index (χ0n) is 14.0. The molecule has 0 aromatic carbocycles. The van der Waals surface area contributed by atoms with Crippen LogP contribution in [-0.2, 0) is 0 Å². The lowest BCUT2D eigenvalue weighted by Gasteiger charge is -2.35. The summed E-state index contributed by atoms with van der Waals surface area (Å²) in [5, 5.41) is 2.84. The molecule has 0 unspecified atom stereocenters. The standard InChI is InChI=1S/C16H27N5O.H2/c1-12(2)11-20-5-7-21(8-6-20)16-17-9-14(10-18-16)15(22)19-13(3)4;/h9-10,12-13H,5-8,11H2,1-4H3,(H,19,22);1H. The minimum Gasteiger partial charge on any atom is -0.350 e. The van der Waals surface area contributed by atoms with Gasteiger partial charge in [-0.15, -0.1) is 0 Å². The number of nitrogens with one attached hydrogen (secondary N) is 1. The predicted octanol–water partition coefficient (Wildman–Crippen LogP) is 1.64. The van der Waals surface area contributed by atoms with Crippen LogP contribution in [0.1, 0.15) is 39.5 Å². The Labute approximate surface area is 134 Å². The quantitative estimate of drug-likeness (QED) is 0.896. The first kappa shape index (κ1) is 16.7. The fourth-order valence-corrected chi connectivity index (χ4v) is 2.59. The Morgan fingerprint density at radius 1 is 1.18 bits per heavy atom. The van der Waals surface area contributed by atoms with Gasteiger partial charge in [-0.25, -0.2) is 9.97 Å². The van der Waals surface area contributed by atoms with Gasteiger partial charge in [-0.2, -0.15) is 0 Å². The molecule has 2 rings (SSSR count). The first-order valence-corrected chi connectivity index (χ1v) is 8.06. The van der Waals surface area contributed by atoms with E-state index in [1.807, 2.05) is 13.8 Å². The van der Waals surface area contributed by atoms with Gasteiger partial charge in [0.15, 0.2) is 0 Å². The van der Waals surface area contributed by atoms with Crippen LogP contribution in [-0.4, -0.2) is 59.5 Å². The Hall–Kier alpha value is -1.69. The molecule has 22 heavy (non-hydrogen) atoms. The highest BCUT2D eigenvalue weighted by atomic mass is 16.1. The van der Waals surface area contributed by atoms with Gasteiger partial charge in [0.05, 0.1) is 5.56 Å². The van der Waals surface area contributed by atoms with Gasteiger partial charge < -0.3 is 10.2 Å². The summed E-state index contributed by atoms with van der Waals surface area (Å²) in [6, 6.07) is 0.112. The second-order valence-electron chi connectivity index (χ2n) is 6.58. The lowest BCUT2D eigenvalue weighted by atomic mass is 10.2. The zero-order chi connectivity index (χ0) is 16.1. The topological polar surface area (TPSA) is 61.4 Å². The second-order valence-corrected chi connectivity index (χ2v) is 6.58. The summed E-state index contributed by atoms with van der Waals surface area (Å²) in [6.45, 7) is 13.5. The highest BCUT2D eigenvalue weighted by molar-refractivity contribution is 5.93. The number of carbonyl (C=O) groups excluding carboxylic acids is 1. The van der Waals surface area contributed by atoms with Crippen LogP contribution in [0.4, 0.5) is 5.95 Å². The molecule has 0 aliphatic carbocycles. The van der Waals surface area contributed by atoms with E-state index in [2.05, 4.69) is 38.9 Å². The average molecular weight is 307 g/mol. The summed E-state index contributed by atoms with van der Waals surface area (Å²) in [7, 11) is 0. The molecule has 0 atom stereocenters. The Kier molecular flexibility index (Phi) is 5.71. The molecule has 2 heterocycles. The van der Waals surface area contributed by atoms with E-state index in [4.69, 9.17) is 0 Å². The monoisotopic (exact) mass is 307 g/mol. The summed E-state index contributed by atoms with van der Waals surface area (Å²) in [4.78, 5) is 25.2. The smallest absolute Gasteiger partial charge is 0.254 e. The van der Waals surface area contributed by atoms with E-state index in [9.17, 15) is 4.79 Å². The van der Waals surface area contributed by atoms with E-state index < -0.39 is 0 Å². The molecule has 1 aliphatic heterocycles. The summed E-state index contributed by atoms with van der Waals surface area (Å²) in [5.74, 6) is 1.29. The molecule has 124 valence electrons. The average Bonchev–Trinajstić information content (AvgIpc) is 2.47. The van der Waals surface area contributed by atoms with E-state index in [0.717, 1.165) is 32.7 Å². The molecule has 1 aliphatic rings. The van der Waals surface area contributed by atoms with Crippen LogP contribution >= 0.6 is 0 Å². The predicted molar refractivity (Wildman–Crippen MR) is 90.2 cm³/mol. The van der Waals surface area contributed by atoms with Crippen molar-refractivity contribution in [2.45, 2.75) is 33.7 Å². The third-order valence-electron chi connectivity index (χ3n) is 3.60. The fourth-order valence-electron chi connectivity index (χ4n) is 2.59. The van der Waals surface area contributed by atoms with Gasteiger partial charge in [-0.1, -0.05) is 13.8 Å². The fraction of sp³-hybridized carbons (Fsp3) is 0.688. The molecule has 0 spiro atoms. The summed E-state index contributed by atoms with van der Waals surface area (Å²) < 4.78 is 0. The van der Waals surface area contributed by atoms with Gasteiger partial charge in [-0.3, -0.25) is 9.69 Å². The van der Waals surface area contributed by atoms with Gasteiger partial charge in [0.25, 0.3) is 5.91 Å². The van der Waals surface area contributed by atoms with Gasteiger partial charge in [-0.05, 0) is 19.8 Å². The van der Waals surface area contributed by atoms with Crippen LogP contribution in [0.5, 0.6) is 0 Å². The molecule has 6 nitrogen and oxygen atoms in total. The number of aromatic nitrogens is 2. The van der Waals surface area contributed by atoms with Crippen molar-refractivity contribution in [3.8, 4) is 0 Å². The lowest BCUT2D eigenvalue weighted by Crippen LogP contribution is -2.48. The number of anilines is 1. The van der Waals surface area contributed by atoms with Gasteiger partial charge in [0.2, 0.25) is 5.95 Å². The molecule has 1 aromatic heterocycles. The molecule has 1 fully saturated rings. The Bertz CT molecular complexity index is 484. The molecule has 1 N–H and O–H groups in total. The Balaban J connectivity index is 0.00000264. The van der Waals surface area contributed by atoms with Crippen molar-refractivity contribution < 1.29 is 6.22 Å². The molecule has 1 amide bonds. The third-order valence-corrected chi connectivity index (χ3v) is 3.60. The van der Waals surface area contributed by atoms with Crippen LogP contribution in [0.2, 0.25) is 0 Å². The maximum Gasteiger partial charge on any atom is 0.254 e. The number of hydrogen-bond donors (Lipinski definition) is 1. The van der Waals surface area contributed by atoms with Gasteiger partial charge in [0.1, 0.15) is 0 Å². The third kappa shape index (κ3) is 4.66. The largest absolute Gasteiger partial charge is 0.350 e. The summed E-state index contributed by atoms with van der Waals surface area (Å²) in [6.07, 6.45) is 3.22. The van der Waals surface area contributed by atoms with Crippen molar-refractivity contribution in [2.75, 3.05) is 37.6 Å². The minimum atomic E-state index is -0.122. The van der Waals surface area contributed by atoms with Crippen molar-refractivity contribution in [1.82, 2.24) is 20.2 Å². The first-order chi connectivity index (χ1) is 10.5. The SMILES string of the molecule is CC(C)CN1CCN(c2ncc(C(=O)NC(C)C)cn2)CC1.[HH]. The van der Waals surface area contributed by atoms with Crippen molar-refractivity contribution in [3.63, 3.8) is 0 Å². The van der Waals surface area contributed by atoms with Crippen molar-refractivity contribution in [2.24, 2.45) is 5.92 Å². The van der Waals surface area contributed by atoms with Crippen LogP contribution in [0.25, 0.3) is 0 Å². The number of rotatable bonds is 5. The number of hydrogen-bond acceptors (Lipinski definition) is 5. The van der Waals surface area contributed by atoms with Gasteiger partial charge in [0, 0.05) is 52.6 Å².